The van der Waals surface area contributed by atoms with E-state index in [2.05, 4.69) is 31.2 Å². The topological polar surface area (TPSA) is 37.8 Å². The molecular weight excluding hydrogens is 289 g/mol. The lowest BCUT2D eigenvalue weighted by Gasteiger charge is -2.05. The Labute approximate surface area is 107 Å². The molecule has 2 rings (SSSR count). The van der Waals surface area contributed by atoms with Crippen LogP contribution in [0.15, 0.2) is 41.0 Å². The Morgan fingerprint density at radius 2 is 1.94 bits per heavy atom. The average molecular weight is 299 g/mol. The van der Waals surface area contributed by atoms with E-state index in [-0.39, 0.29) is 0 Å². The van der Waals surface area contributed by atoms with Crippen LogP contribution in [-0.2, 0) is 6.54 Å². The van der Waals surface area contributed by atoms with Gasteiger partial charge in [0.05, 0.1) is 12.2 Å². The Morgan fingerprint density at radius 3 is 2.69 bits per heavy atom. The number of aromatic nitrogens is 2. The van der Waals surface area contributed by atoms with E-state index < -0.39 is 0 Å². The Kier molecular flexibility index (Phi) is 3.74. The number of pyridine rings is 2. The van der Waals surface area contributed by atoms with Crippen LogP contribution in [-0.4, -0.2) is 9.97 Å². The first-order valence-electron chi connectivity index (χ1n) is 4.72. The van der Waals surface area contributed by atoms with Gasteiger partial charge in [0.25, 0.3) is 0 Å². The normalized spacial score (nSPS) is 10.1. The van der Waals surface area contributed by atoms with Crippen molar-refractivity contribution in [2.75, 3.05) is 5.32 Å². The molecule has 0 aliphatic heterocycles. The second kappa shape index (κ2) is 5.27. The summed E-state index contributed by atoms with van der Waals surface area (Å²) in [7, 11) is 0. The maximum absolute atomic E-state index is 5.78. The zero-order valence-electron chi connectivity index (χ0n) is 8.32. The van der Waals surface area contributed by atoms with Gasteiger partial charge in [0.1, 0.15) is 15.6 Å². The fraction of sp³-hybridized carbons (Fsp3) is 0.0909. The van der Waals surface area contributed by atoms with Crippen molar-refractivity contribution in [1.82, 2.24) is 9.97 Å². The van der Waals surface area contributed by atoms with Gasteiger partial charge in [0.15, 0.2) is 0 Å². The highest BCUT2D eigenvalue weighted by Gasteiger charge is 1.97. The molecule has 2 aromatic rings. The second-order valence-corrected chi connectivity index (χ2v) is 4.35. The van der Waals surface area contributed by atoms with Crippen molar-refractivity contribution in [2.45, 2.75) is 6.54 Å². The zero-order valence-corrected chi connectivity index (χ0v) is 10.7. The third-order valence-electron chi connectivity index (χ3n) is 1.94. The maximum Gasteiger partial charge on any atom is 0.131 e. The average Bonchev–Trinajstić information content (AvgIpc) is 2.27. The summed E-state index contributed by atoms with van der Waals surface area (Å²) in [5.41, 5.74) is 0.941. The van der Waals surface area contributed by atoms with Crippen molar-refractivity contribution in [3.63, 3.8) is 0 Å². The van der Waals surface area contributed by atoms with Crippen LogP contribution in [0, 0.1) is 0 Å². The van der Waals surface area contributed by atoms with Gasteiger partial charge in [-0.2, -0.15) is 0 Å². The van der Waals surface area contributed by atoms with Crippen molar-refractivity contribution in [2.24, 2.45) is 0 Å². The van der Waals surface area contributed by atoms with Gasteiger partial charge in [0.2, 0.25) is 0 Å². The van der Waals surface area contributed by atoms with Crippen molar-refractivity contribution in [3.8, 4) is 0 Å². The van der Waals surface area contributed by atoms with Gasteiger partial charge >= 0.3 is 0 Å². The van der Waals surface area contributed by atoms with Crippen LogP contribution in [0.1, 0.15) is 5.69 Å². The van der Waals surface area contributed by atoms with E-state index in [9.17, 15) is 0 Å². The summed E-state index contributed by atoms with van der Waals surface area (Å²) in [6.45, 7) is 0.618. The smallest absolute Gasteiger partial charge is 0.131 e. The summed E-state index contributed by atoms with van der Waals surface area (Å²) < 4.78 is 0.825. The molecule has 2 aromatic heterocycles. The van der Waals surface area contributed by atoms with E-state index in [1.807, 2.05) is 30.3 Å². The van der Waals surface area contributed by atoms with E-state index in [4.69, 9.17) is 11.6 Å². The molecule has 0 amide bonds. The third kappa shape index (κ3) is 3.18. The molecule has 16 heavy (non-hydrogen) atoms. The van der Waals surface area contributed by atoms with Crippen LogP contribution in [0.25, 0.3) is 0 Å². The first kappa shape index (κ1) is 11.4. The molecule has 1 N–H and O–H groups in total. The summed E-state index contributed by atoms with van der Waals surface area (Å²) in [5, 5.41) is 3.63. The highest BCUT2D eigenvalue weighted by molar-refractivity contribution is 9.10. The molecule has 82 valence electrons. The first-order valence-corrected chi connectivity index (χ1v) is 5.89. The van der Waals surface area contributed by atoms with Crippen molar-refractivity contribution < 1.29 is 0 Å². The molecule has 0 bridgehead atoms. The number of nitrogens with zero attached hydrogens (tertiary/aromatic N) is 2. The predicted molar refractivity (Wildman–Crippen MR) is 68.5 cm³/mol. The number of halogens is 2. The van der Waals surface area contributed by atoms with Crippen LogP contribution in [0.2, 0.25) is 5.15 Å². The lowest BCUT2D eigenvalue weighted by Crippen LogP contribution is -2.02. The third-order valence-corrected chi connectivity index (χ3v) is 2.59. The molecular formula is C11H9BrClN3. The molecule has 2 heterocycles. The Hall–Kier alpha value is -1.13. The minimum Gasteiger partial charge on any atom is -0.364 e. The molecule has 0 fully saturated rings. The Balaban J connectivity index is 2.02. The fourth-order valence-corrected chi connectivity index (χ4v) is 1.78. The van der Waals surface area contributed by atoms with E-state index in [1.165, 1.54) is 0 Å². The van der Waals surface area contributed by atoms with Crippen LogP contribution < -0.4 is 5.32 Å². The first-order chi connectivity index (χ1) is 7.74. The van der Waals surface area contributed by atoms with Crippen molar-refractivity contribution in [1.29, 1.82) is 0 Å². The molecule has 0 aliphatic carbocycles. The van der Waals surface area contributed by atoms with Crippen LogP contribution in [0.3, 0.4) is 0 Å². The Bertz CT molecular complexity index is 445. The van der Waals surface area contributed by atoms with Gasteiger partial charge in [-0.3, -0.25) is 0 Å². The standard InChI is InChI=1S/C11H9BrClN3/c12-9-4-1-3-8(15-9)7-14-11-6-2-5-10(13)16-11/h1-6H,7H2,(H,14,16). The quantitative estimate of drug-likeness (QED) is 0.881. The van der Waals surface area contributed by atoms with Crippen molar-refractivity contribution in [3.05, 3.63) is 51.8 Å². The van der Waals surface area contributed by atoms with Crippen LogP contribution >= 0.6 is 27.5 Å². The molecule has 5 heteroatoms. The Morgan fingerprint density at radius 1 is 1.12 bits per heavy atom. The molecule has 0 radical (unpaired) electrons. The highest BCUT2D eigenvalue weighted by atomic mass is 79.9. The van der Waals surface area contributed by atoms with Gasteiger partial charge < -0.3 is 5.32 Å². The molecule has 0 saturated carbocycles. The van der Waals surface area contributed by atoms with Crippen molar-refractivity contribution >= 4 is 33.3 Å². The number of hydrogen-bond donors (Lipinski definition) is 1. The zero-order chi connectivity index (χ0) is 11.4. The van der Waals surface area contributed by atoms with Gasteiger partial charge in [-0.25, -0.2) is 9.97 Å². The minimum atomic E-state index is 0.479. The fourth-order valence-electron chi connectivity index (χ4n) is 1.24. The number of hydrogen-bond acceptors (Lipinski definition) is 3. The number of rotatable bonds is 3. The summed E-state index contributed by atoms with van der Waals surface area (Å²) in [4.78, 5) is 8.43. The highest BCUT2D eigenvalue weighted by Crippen LogP contribution is 2.11. The van der Waals surface area contributed by atoms with E-state index in [1.54, 1.807) is 6.07 Å². The summed E-state index contributed by atoms with van der Waals surface area (Å²) >= 11 is 9.10. The maximum atomic E-state index is 5.78. The lowest BCUT2D eigenvalue weighted by atomic mass is 10.3. The van der Waals surface area contributed by atoms with Crippen LogP contribution in [0.5, 0.6) is 0 Å². The predicted octanol–water partition coefficient (Wildman–Crippen LogP) is 3.50. The molecule has 0 atom stereocenters. The second-order valence-electron chi connectivity index (χ2n) is 3.15. The number of nitrogens with one attached hydrogen (secondary N) is 1. The molecule has 3 nitrogen and oxygen atoms in total. The van der Waals surface area contributed by atoms with Gasteiger partial charge in [-0.05, 0) is 40.2 Å². The van der Waals surface area contributed by atoms with Gasteiger partial charge in [-0.1, -0.05) is 23.7 Å². The SMILES string of the molecule is Clc1cccc(NCc2cccc(Br)n2)n1. The summed E-state index contributed by atoms with van der Waals surface area (Å²) in [5.74, 6) is 0.745. The van der Waals surface area contributed by atoms with Crippen LogP contribution in [0.4, 0.5) is 5.82 Å². The molecule has 0 unspecified atom stereocenters. The molecule has 0 saturated heterocycles. The van der Waals surface area contributed by atoms with Gasteiger partial charge in [0, 0.05) is 0 Å². The van der Waals surface area contributed by atoms with E-state index in [0.29, 0.717) is 11.7 Å². The minimum absolute atomic E-state index is 0.479. The summed E-state index contributed by atoms with van der Waals surface area (Å²) in [6.07, 6.45) is 0. The molecule has 0 spiro atoms. The van der Waals surface area contributed by atoms with Gasteiger partial charge in [-0.15, -0.1) is 0 Å². The lowest BCUT2D eigenvalue weighted by molar-refractivity contribution is 1.02. The monoisotopic (exact) mass is 297 g/mol. The molecule has 0 aromatic carbocycles. The molecule has 0 aliphatic rings. The van der Waals surface area contributed by atoms with E-state index in [0.717, 1.165) is 16.1 Å². The van der Waals surface area contributed by atoms with E-state index >= 15 is 0 Å². The number of anilines is 1. The largest absolute Gasteiger partial charge is 0.364 e. The summed E-state index contributed by atoms with van der Waals surface area (Å²) in [6, 6.07) is 11.2.